The number of nitrogens with zero attached hydrogens (tertiary/aromatic N) is 3. The van der Waals surface area contributed by atoms with Crippen LogP contribution in [-0.2, 0) is 0 Å². The lowest BCUT2D eigenvalue weighted by atomic mass is 10.1. The van der Waals surface area contributed by atoms with Crippen molar-refractivity contribution in [3.8, 4) is 28.2 Å². The topological polar surface area (TPSA) is 14.8 Å². The van der Waals surface area contributed by atoms with Crippen LogP contribution in [-0.4, -0.2) is 13.7 Å². The quantitative estimate of drug-likeness (QED) is 0.179. The lowest BCUT2D eigenvalue weighted by Gasteiger charge is -2.12. The largest absolute Gasteiger partial charge is 0.309 e. The van der Waals surface area contributed by atoms with E-state index in [4.69, 9.17) is 9.60 Å². The number of benzene rings is 8. The summed E-state index contributed by atoms with van der Waals surface area (Å²) in [5.74, 6) is 0. The van der Waals surface area contributed by atoms with E-state index in [2.05, 4.69) is 69.8 Å². The van der Waals surface area contributed by atoms with Gasteiger partial charge in [0.15, 0.2) is 0 Å². The number of para-hydroxylation sites is 4. The molecule has 3 heterocycles. The summed E-state index contributed by atoms with van der Waals surface area (Å²) in [5, 5.41) is 6.05. The number of aromatic nitrogens is 3. The van der Waals surface area contributed by atoms with Crippen LogP contribution >= 0.6 is 0 Å². The molecule has 0 bridgehead atoms. The highest BCUT2D eigenvalue weighted by atomic mass is 15.0. The molecule has 3 nitrogen and oxygen atoms in total. The fourth-order valence-electron chi connectivity index (χ4n) is 7.87. The second-order valence-corrected chi connectivity index (χ2v) is 12.7. The van der Waals surface area contributed by atoms with Crippen LogP contribution in [0, 0.1) is 0 Å². The molecule has 0 aliphatic carbocycles. The zero-order chi connectivity index (χ0) is 41.3. The van der Waals surface area contributed by atoms with Crippen LogP contribution in [0.5, 0.6) is 0 Å². The Morgan fingerprint density at radius 2 is 0.706 bits per heavy atom. The first kappa shape index (κ1) is 20.6. The van der Waals surface area contributed by atoms with E-state index in [1.807, 2.05) is 72.8 Å². The minimum Gasteiger partial charge on any atom is -0.309 e. The van der Waals surface area contributed by atoms with Crippen LogP contribution in [0.25, 0.3) is 93.6 Å². The van der Waals surface area contributed by atoms with Gasteiger partial charge in [-0.2, -0.15) is 0 Å². The second kappa shape index (κ2) is 10.8. The van der Waals surface area contributed by atoms with Crippen LogP contribution in [0.1, 0.15) is 12.3 Å². The number of rotatable bonds is 4. The molecule has 0 unspecified atom stereocenters. The third-order valence-corrected chi connectivity index (χ3v) is 9.99. The van der Waals surface area contributed by atoms with Crippen molar-refractivity contribution in [1.29, 1.82) is 0 Å². The molecule has 11 aromatic rings. The van der Waals surface area contributed by atoms with E-state index in [-0.39, 0.29) is 16.8 Å². The van der Waals surface area contributed by atoms with E-state index in [0.717, 1.165) is 65.8 Å². The maximum Gasteiger partial charge on any atom is 0.0651 e. The predicted molar refractivity (Wildman–Crippen MR) is 215 cm³/mol. The first-order valence-corrected chi connectivity index (χ1v) is 16.8. The molecule has 0 amide bonds. The van der Waals surface area contributed by atoms with E-state index in [1.165, 1.54) is 0 Å². The molecular weight excluding hydrogens is 619 g/mol. The summed E-state index contributed by atoms with van der Waals surface area (Å²) in [7, 11) is 0. The van der Waals surface area contributed by atoms with Gasteiger partial charge >= 0.3 is 0 Å². The highest BCUT2D eigenvalue weighted by Crippen LogP contribution is 2.39. The Kier molecular flexibility index (Phi) is 4.38. The Morgan fingerprint density at radius 1 is 0.314 bits per heavy atom. The summed E-state index contributed by atoms with van der Waals surface area (Å²) >= 11 is 0. The summed E-state index contributed by atoms with van der Waals surface area (Å²) in [6.07, 6.45) is 0. The lowest BCUT2D eigenvalue weighted by Crippen LogP contribution is -1.96. The Labute approximate surface area is 307 Å². The monoisotopic (exact) mass is 658 g/mol. The van der Waals surface area contributed by atoms with Crippen LogP contribution < -0.4 is 0 Å². The van der Waals surface area contributed by atoms with Crippen molar-refractivity contribution < 1.29 is 12.3 Å². The van der Waals surface area contributed by atoms with Gasteiger partial charge in [0.25, 0.3) is 0 Å². The van der Waals surface area contributed by atoms with Crippen LogP contribution in [0.15, 0.2) is 188 Å². The summed E-state index contributed by atoms with van der Waals surface area (Å²) in [6, 6.07) is 40.3. The van der Waals surface area contributed by atoms with E-state index in [0.29, 0.717) is 11.0 Å². The number of hydrogen-bond acceptors (Lipinski definition) is 0. The fraction of sp³-hybridized carbons (Fsp3) is 0. The molecule has 0 spiro atoms. The van der Waals surface area contributed by atoms with Crippen LogP contribution in [0.2, 0.25) is 0 Å². The van der Waals surface area contributed by atoms with Crippen molar-refractivity contribution in [3.63, 3.8) is 0 Å². The SMILES string of the molecule is [2H]c1c([2H])c([2H])c(-c2c([2H])c([2H])c([2H])c(-n3c4ccc(-n5c6ccccc6c6ccccc65)cc4c4cc(-n5c6ccccc6c6ccccc65)ccc43)c2[2H])c([2H])c1[2H]. The van der Waals surface area contributed by atoms with Crippen molar-refractivity contribution in [3.05, 3.63) is 188 Å². The average molecular weight is 659 g/mol. The van der Waals surface area contributed by atoms with Crippen LogP contribution in [0.3, 0.4) is 0 Å². The molecule has 11 rings (SSSR count). The van der Waals surface area contributed by atoms with E-state index < -0.39 is 54.4 Å². The van der Waals surface area contributed by atoms with Crippen molar-refractivity contribution >= 4 is 65.4 Å². The smallest absolute Gasteiger partial charge is 0.0651 e. The first-order chi connectivity index (χ1) is 29.1. The minimum absolute atomic E-state index is 0.0351. The molecule has 51 heavy (non-hydrogen) atoms. The zero-order valence-corrected chi connectivity index (χ0v) is 27.0. The maximum atomic E-state index is 9.66. The Morgan fingerprint density at radius 3 is 1.18 bits per heavy atom. The van der Waals surface area contributed by atoms with Gasteiger partial charge in [-0.25, -0.2) is 0 Å². The molecule has 3 aromatic heterocycles. The molecule has 0 saturated carbocycles. The maximum absolute atomic E-state index is 9.66. The molecule has 3 heteroatoms. The van der Waals surface area contributed by atoms with E-state index in [1.54, 1.807) is 4.57 Å². The average Bonchev–Trinajstić information content (AvgIpc) is 3.91. The molecular formula is C48H31N3. The Bertz CT molecular complexity index is 3370. The summed E-state index contributed by atoms with van der Waals surface area (Å²) in [4.78, 5) is 0. The van der Waals surface area contributed by atoms with Gasteiger partial charge in [0.2, 0.25) is 0 Å². The Balaban J connectivity index is 1.27. The van der Waals surface area contributed by atoms with E-state index >= 15 is 0 Å². The highest BCUT2D eigenvalue weighted by Gasteiger charge is 2.19. The summed E-state index contributed by atoms with van der Waals surface area (Å²) in [5.41, 5.74) is 6.46. The molecule has 0 radical (unpaired) electrons. The second-order valence-electron chi connectivity index (χ2n) is 12.7. The van der Waals surface area contributed by atoms with Gasteiger partial charge in [0, 0.05) is 49.4 Å². The fourth-order valence-corrected chi connectivity index (χ4v) is 7.87. The third-order valence-electron chi connectivity index (χ3n) is 9.99. The van der Waals surface area contributed by atoms with E-state index in [9.17, 15) is 2.74 Å². The highest BCUT2D eigenvalue weighted by molar-refractivity contribution is 6.14. The third kappa shape index (κ3) is 4.12. The number of hydrogen-bond donors (Lipinski definition) is 0. The molecule has 0 fully saturated rings. The number of fused-ring (bicyclic) bond motifs is 9. The van der Waals surface area contributed by atoms with Gasteiger partial charge in [0.1, 0.15) is 0 Å². The van der Waals surface area contributed by atoms with Gasteiger partial charge in [-0.05, 0) is 83.9 Å². The predicted octanol–water partition coefficient (Wildman–Crippen LogP) is 12.6. The van der Waals surface area contributed by atoms with Gasteiger partial charge in [-0.15, -0.1) is 0 Å². The molecule has 238 valence electrons. The van der Waals surface area contributed by atoms with Crippen molar-refractivity contribution in [2.45, 2.75) is 0 Å². The van der Waals surface area contributed by atoms with Gasteiger partial charge in [-0.3, -0.25) is 0 Å². The molecule has 0 atom stereocenters. The van der Waals surface area contributed by atoms with Gasteiger partial charge < -0.3 is 13.7 Å². The molecule has 0 saturated heterocycles. The van der Waals surface area contributed by atoms with Gasteiger partial charge in [-0.1, -0.05) is 115 Å². The summed E-state index contributed by atoms with van der Waals surface area (Å²) in [6.45, 7) is 0. The first-order valence-electron chi connectivity index (χ1n) is 21.3. The minimum atomic E-state index is -0.611. The lowest BCUT2D eigenvalue weighted by molar-refractivity contribution is 1.16. The van der Waals surface area contributed by atoms with Crippen molar-refractivity contribution in [1.82, 2.24) is 13.7 Å². The molecule has 0 N–H and O–H groups in total. The summed E-state index contributed by atoms with van der Waals surface area (Å²) < 4.78 is 85.5. The standard InChI is InChI=1S/C48H31N3/c1-2-13-32(14-3-1)33-15-12-16-34(29-33)49-47-27-25-35(50-43-21-8-4-17-37(43)38-18-5-9-22-44(38)50)30-41(47)42-31-36(26-28-48(42)49)51-45-23-10-6-19-39(45)40-20-7-11-24-46(40)51/h1-31H/i1D,2D,3D,12D,13D,14D,15D,16D,29D. The molecule has 0 aliphatic heterocycles. The Hall–Kier alpha value is -6.84. The van der Waals surface area contributed by atoms with Gasteiger partial charge in [0.05, 0.1) is 45.4 Å². The molecule has 0 aliphatic rings. The molecule has 8 aromatic carbocycles. The van der Waals surface area contributed by atoms with Crippen molar-refractivity contribution in [2.24, 2.45) is 0 Å². The van der Waals surface area contributed by atoms with Crippen molar-refractivity contribution in [2.75, 3.05) is 0 Å². The van der Waals surface area contributed by atoms with Crippen LogP contribution in [0.4, 0.5) is 0 Å². The normalized spacial score (nSPS) is 14.4. The zero-order valence-electron chi connectivity index (χ0n) is 36.0.